The molecule has 5 heteroatoms. The molecule has 0 aromatic heterocycles. The Labute approximate surface area is 135 Å². The highest BCUT2D eigenvalue weighted by atomic mass is 19.1. The minimum atomic E-state index is -0.928. The number of carboxylic acids is 1. The van der Waals surface area contributed by atoms with Gasteiger partial charge in [-0.2, -0.15) is 0 Å². The van der Waals surface area contributed by atoms with E-state index < -0.39 is 5.97 Å². The molecule has 2 aromatic carbocycles. The maximum atomic E-state index is 13.4. The molecule has 4 nitrogen and oxygen atoms in total. The molecule has 0 saturated heterocycles. The summed E-state index contributed by atoms with van der Waals surface area (Å²) in [4.78, 5) is 12.9. The Morgan fingerprint density at radius 2 is 1.91 bits per heavy atom. The number of nitrogens with zero attached hydrogens (tertiary/aromatic N) is 1. The highest BCUT2D eigenvalue weighted by molar-refractivity contribution is 5.87. The summed E-state index contributed by atoms with van der Waals surface area (Å²) in [5.74, 6) is -1.16. The van der Waals surface area contributed by atoms with Gasteiger partial charge in [-0.25, -0.2) is 9.18 Å². The molecule has 0 saturated carbocycles. The van der Waals surface area contributed by atoms with E-state index in [9.17, 15) is 9.18 Å². The van der Waals surface area contributed by atoms with E-state index >= 15 is 0 Å². The molecule has 0 aliphatic heterocycles. The van der Waals surface area contributed by atoms with Gasteiger partial charge in [0.05, 0.1) is 5.56 Å². The van der Waals surface area contributed by atoms with Gasteiger partial charge in [0.15, 0.2) is 0 Å². The Bertz CT molecular complexity index is 656. The van der Waals surface area contributed by atoms with Crippen LogP contribution in [-0.4, -0.2) is 36.6 Å². The lowest BCUT2D eigenvalue weighted by atomic mass is 10.1. The average molecular weight is 316 g/mol. The van der Waals surface area contributed by atoms with E-state index in [1.807, 2.05) is 25.1 Å². The quantitative estimate of drug-likeness (QED) is 0.825. The van der Waals surface area contributed by atoms with Crippen LogP contribution >= 0.6 is 0 Å². The van der Waals surface area contributed by atoms with E-state index in [1.54, 1.807) is 36.4 Å². The van der Waals surface area contributed by atoms with Crippen molar-refractivity contribution in [3.8, 4) is 0 Å². The topological polar surface area (TPSA) is 52.6 Å². The minimum absolute atomic E-state index is 0.0593. The molecule has 0 bridgehead atoms. The lowest BCUT2D eigenvalue weighted by Gasteiger charge is -2.25. The Morgan fingerprint density at radius 1 is 1.22 bits per heavy atom. The molecule has 2 aromatic rings. The van der Waals surface area contributed by atoms with E-state index in [1.165, 1.54) is 6.07 Å². The largest absolute Gasteiger partial charge is 0.478 e. The molecule has 1 atom stereocenters. The van der Waals surface area contributed by atoms with Crippen LogP contribution in [0.5, 0.6) is 0 Å². The highest BCUT2D eigenvalue weighted by Crippen LogP contribution is 2.18. The number of likely N-dealkylation sites (N-methyl/N-ethyl adjacent to an activating group) is 1. The van der Waals surface area contributed by atoms with Crippen LogP contribution in [0.25, 0.3) is 0 Å². The maximum absolute atomic E-state index is 13.4. The van der Waals surface area contributed by atoms with Gasteiger partial charge in [-0.15, -0.1) is 0 Å². The van der Waals surface area contributed by atoms with Crippen molar-refractivity contribution in [2.45, 2.75) is 12.6 Å². The van der Waals surface area contributed by atoms with Crippen LogP contribution in [0.3, 0.4) is 0 Å². The van der Waals surface area contributed by atoms with Gasteiger partial charge in [-0.1, -0.05) is 24.3 Å². The van der Waals surface area contributed by atoms with Crippen molar-refractivity contribution in [3.63, 3.8) is 0 Å². The fourth-order valence-corrected chi connectivity index (χ4v) is 2.43. The molecule has 122 valence electrons. The SMILES string of the molecule is CN(C)C(CNCc1ccc(C(=O)O)cc1)c1cccc(F)c1. The zero-order valence-electron chi connectivity index (χ0n) is 13.3. The second kappa shape index (κ2) is 7.85. The van der Waals surface area contributed by atoms with Gasteiger partial charge in [0.25, 0.3) is 0 Å². The molecular weight excluding hydrogens is 295 g/mol. The first-order chi connectivity index (χ1) is 11.0. The number of hydrogen-bond donors (Lipinski definition) is 2. The molecule has 0 heterocycles. The Balaban J connectivity index is 1.95. The summed E-state index contributed by atoms with van der Waals surface area (Å²) < 4.78 is 13.4. The summed E-state index contributed by atoms with van der Waals surface area (Å²) >= 11 is 0. The first-order valence-electron chi connectivity index (χ1n) is 7.42. The third kappa shape index (κ3) is 4.87. The number of aromatic carboxylic acids is 1. The van der Waals surface area contributed by atoms with Gasteiger partial charge in [-0.3, -0.25) is 0 Å². The molecule has 0 amide bonds. The molecule has 0 fully saturated rings. The van der Waals surface area contributed by atoms with Crippen LogP contribution in [0.4, 0.5) is 4.39 Å². The third-order valence-corrected chi connectivity index (χ3v) is 3.72. The first kappa shape index (κ1) is 17.1. The fourth-order valence-electron chi connectivity index (χ4n) is 2.43. The van der Waals surface area contributed by atoms with E-state index in [2.05, 4.69) is 5.32 Å². The molecule has 1 unspecified atom stereocenters. The first-order valence-corrected chi connectivity index (χ1v) is 7.42. The van der Waals surface area contributed by atoms with Gasteiger partial charge in [0, 0.05) is 19.1 Å². The predicted octanol–water partition coefficient (Wildman–Crippen LogP) is 2.92. The second-order valence-electron chi connectivity index (χ2n) is 5.67. The number of hydrogen-bond acceptors (Lipinski definition) is 3. The average Bonchev–Trinajstić information content (AvgIpc) is 2.51. The van der Waals surface area contributed by atoms with Crippen molar-refractivity contribution in [2.24, 2.45) is 0 Å². The zero-order chi connectivity index (χ0) is 16.8. The normalized spacial score (nSPS) is 12.3. The predicted molar refractivity (Wildman–Crippen MR) is 87.9 cm³/mol. The summed E-state index contributed by atoms with van der Waals surface area (Å²) in [5, 5.41) is 12.2. The monoisotopic (exact) mass is 316 g/mol. The van der Waals surface area contributed by atoms with Crippen LogP contribution in [0, 0.1) is 5.82 Å². The fraction of sp³-hybridized carbons (Fsp3) is 0.278. The van der Waals surface area contributed by atoms with Gasteiger partial charge < -0.3 is 15.3 Å². The number of halogens is 1. The summed E-state index contributed by atoms with van der Waals surface area (Å²) in [6.07, 6.45) is 0. The Hall–Kier alpha value is -2.24. The lowest BCUT2D eigenvalue weighted by Crippen LogP contribution is -2.30. The molecule has 2 N–H and O–H groups in total. The van der Waals surface area contributed by atoms with E-state index in [0.29, 0.717) is 13.1 Å². The van der Waals surface area contributed by atoms with Crippen LogP contribution in [0.1, 0.15) is 27.5 Å². The molecule has 0 radical (unpaired) electrons. The molecule has 0 aliphatic carbocycles. The third-order valence-electron chi connectivity index (χ3n) is 3.72. The number of carboxylic acid groups (broad SMARTS) is 1. The van der Waals surface area contributed by atoms with Crippen LogP contribution < -0.4 is 5.32 Å². The molecule has 0 spiro atoms. The minimum Gasteiger partial charge on any atom is -0.478 e. The summed E-state index contributed by atoms with van der Waals surface area (Å²) in [5.41, 5.74) is 2.20. The zero-order valence-corrected chi connectivity index (χ0v) is 13.3. The summed E-state index contributed by atoms with van der Waals surface area (Å²) in [7, 11) is 3.91. The smallest absolute Gasteiger partial charge is 0.335 e. The van der Waals surface area contributed by atoms with Gasteiger partial charge in [0.2, 0.25) is 0 Å². The second-order valence-corrected chi connectivity index (χ2v) is 5.67. The van der Waals surface area contributed by atoms with Crippen LogP contribution in [0.15, 0.2) is 48.5 Å². The summed E-state index contributed by atoms with van der Waals surface area (Å²) in [6, 6.07) is 13.4. The van der Waals surface area contributed by atoms with Crippen molar-refractivity contribution in [1.82, 2.24) is 10.2 Å². The molecular formula is C18H21FN2O2. The van der Waals surface area contributed by atoms with Gasteiger partial charge in [-0.05, 0) is 49.5 Å². The van der Waals surface area contributed by atoms with Gasteiger partial charge in [0.1, 0.15) is 5.82 Å². The van der Waals surface area contributed by atoms with Crippen molar-refractivity contribution in [1.29, 1.82) is 0 Å². The highest BCUT2D eigenvalue weighted by Gasteiger charge is 2.14. The van der Waals surface area contributed by atoms with Gasteiger partial charge >= 0.3 is 5.97 Å². The molecule has 0 aliphatic rings. The van der Waals surface area contributed by atoms with Crippen molar-refractivity contribution in [2.75, 3.05) is 20.6 Å². The van der Waals surface area contributed by atoms with E-state index in [-0.39, 0.29) is 17.4 Å². The van der Waals surface area contributed by atoms with E-state index in [4.69, 9.17) is 5.11 Å². The number of carbonyl (C=O) groups is 1. The van der Waals surface area contributed by atoms with Crippen molar-refractivity contribution < 1.29 is 14.3 Å². The standard InChI is InChI=1S/C18H21FN2O2/c1-21(2)17(15-4-3-5-16(19)10-15)12-20-11-13-6-8-14(9-7-13)18(22)23/h3-10,17,20H,11-12H2,1-2H3,(H,22,23). The van der Waals surface area contributed by atoms with Crippen LogP contribution in [-0.2, 0) is 6.54 Å². The van der Waals surface area contributed by atoms with Crippen molar-refractivity contribution >= 4 is 5.97 Å². The number of rotatable bonds is 7. The number of nitrogens with one attached hydrogen (secondary N) is 1. The molecule has 23 heavy (non-hydrogen) atoms. The van der Waals surface area contributed by atoms with Crippen LogP contribution in [0.2, 0.25) is 0 Å². The lowest BCUT2D eigenvalue weighted by molar-refractivity contribution is 0.0697. The van der Waals surface area contributed by atoms with E-state index in [0.717, 1.165) is 11.1 Å². The van der Waals surface area contributed by atoms with Crippen molar-refractivity contribution in [3.05, 3.63) is 71.0 Å². The Kier molecular flexibility index (Phi) is 5.84. The number of benzene rings is 2. The summed E-state index contributed by atoms with van der Waals surface area (Å²) in [6.45, 7) is 1.29. The molecule has 2 rings (SSSR count). The maximum Gasteiger partial charge on any atom is 0.335 e. The Morgan fingerprint density at radius 3 is 2.48 bits per heavy atom.